The molecule has 5 nitrogen and oxygen atoms in total. The van der Waals surface area contributed by atoms with E-state index in [1.165, 1.54) is 0 Å². The molecule has 5 heteroatoms. The molecule has 3 aliphatic heterocycles. The third kappa shape index (κ3) is 1.42. The molecule has 6 atom stereocenters. The van der Waals surface area contributed by atoms with E-state index in [2.05, 4.69) is 12.2 Å². The van der Waals surface area contributed by atoms with Crippen molar-refractivity contribution in [2.45, 2.75) is 38.3 Å². The van der Waals surface area contributed by atoms with Crippen LogP contribution in [0, 0.1) is 17.8 Å². The number of carbonyl (C=O) groups excluding carboxylic acids is 1. The van der Waals surface area contributed by atoms with Crippen molar-refractivity contribution < 1.29 is 19.0 Å². The summed E-state index contributed by atoms with van der Waals surface area (Å²) in [6.07, 6.45) is 0.217. The second-order valence-corrected chi connectivity index (χ2v) is 5.51. The first kappa shape index (κ1) is 11.3. The molecule has 1 N–H and O–H groups in total. The second kappa shape index (κ2) is 3.59. The van der Waals surface area contributed by atoms with Crippen molar-refractivity contribution in [1.82, 2.24) is 5.32 Å². The van der Waals surface area contributed by atoms with Gasteiger partial charge in [-0.2, -0.15) is 0 Å². The second-order valence-electron chi connectivity index (χ2n) is 5.51. The van der Waals surface area contributed by atoms with Gasteiger partial charge in [0.1, 0.15) is 11.7 Å². The lowest BCUT2D eigenvalue weighted by molar-refractivity contribution is -0.337. The molecule has 0 aromatic heterocycles. The number of nitrogens with one attached hydrogen (secondary N) is 1. The average Bonchev–Trinajstić information content (AvgIpc) is 2.56. The molecule has 0 radical (unpaired) electrons. The molecule has 4 fully saturated rings. The highest BCUT2D eigenvalue weighted by atomic mass is 16.7. The zero-order chi connectivity index (χ0) is 12.2. The largest absolute Gasteiger partial charge is 0.443 e. The van der Waals surface area contributed by atoms with Gasteiger partial charge in [0.2, 0.25) is 0 Å². The summed E-state index contributed by atoms with van der Waals surface area (Å²) in [6, 6.07) is 0. The highest BCUT2D eigenvalue weighted by Crippen LogP contribution is 2.56. The van der Waals surface area contributed by atoms with Gasteiger partial charge in [-0.1, -0.05) is 6.92 Å². The van der Waals surface area contributed by atoms with Crippen molar-refractivity contribution in [3.8, 4) is 0 Å². The predicted octanol–water partition coefficient (Wildman–Crippen LogP) is 1.13. The molecule has 4 aliphatic rings. The lowest BCUT2D eigenvalue weighted by Gasteiger charge is -2.51. The maximum absolute atomic E-state index is 11.4. The van der Waals surface area contributed by atoms with Crippen LogP contribution in [-0.4, -0.2) is 37.7 Å². The molecule has 5 unspecified atom stereocenters. The Kier molecular flexibility index (Phi) is 2.38. The Morgan fingerprint density at radius 3 is 2.94 bits per heavy atom. The summed E-state index contributed by atoms with van der Waals surface area (Å²) >= 11 is 0. The minimum atomic E-state index is -0.378. The van der Waals surface area contributed by atoms with Gasteiger partial charge in [0, 0.05) is 18.9 Å². The molecule has 1 aliphatic carbocycles. The summed E-state index contributed by atoms with van der Waals surface area (Å²) in [5.74, 6) is 1.28. The number of rotatable bonds is 1. The van der Waals surface area contributed by atoms with Crippen LogP contribution in [0.1, 0.15) is 20.3 Å². The van der Waals surface area contributed by atoms with Gasteiger partial charge in [0.15, 0.2) is 6.29 Å². The first-order valence-corrected chi connectivity index (χ1v) is 6.24. The monoisotopic (exact) mass is 241 g/mol. The summed E-state index contributed by atoms with van der Waals surface area (Å²) < 4.78 is 17.1. The first-order chi connectivity index (χ1) is 8.06. The normalized spacial score (nSPS) is 51.4. The molecule has 4 rings (SSSR count). The van der Waals surface area contributed by atoms with E-state index in [9.17, 15) is 4.79 Å². The van der Waals surface area contributed by atoms with E-state index in [4.69, 9.17) is 14.2 Å². The van der Waals surface area contributed by atoms with Crippen molar-refractivity contribution in [2.75, 3.05) is 13.7 Å². The van der Waals surface area contributed by atoms with Gasteiger partial charge >= 0.3 is 6.09 Å². The molecule has 0 aromatic carbocycles. The molecule has 4 bridgehead atoms. The van der Waals surface area contributed by atoms with E-state index in [-0.39, 0.29) is 24.1 Å². The van der Waals surface area contributed by atoms with E-state index in [1.54, 1.807) is 7.05 Å². The topological polar surface area (TPSA) is 56.8 Å². The molecule has 0 aromatic rings. The molecule has 1 saturated carbocycles. The van der Waals surface area contributed by atoms with Crippen molar-refractivity contribution >= 4 is 6.09 Å². The Morgan fingerprint density at radius 1 is 1.53 bits per heavy atom. The van der Waals surface area contributed by atoms with Crippen molar-refractivity contribution in [3.63, 3.8) is 0 Å². The summed E-state index contributed by atoms with van der Waals surface area (Å²) in [5.41, 5.74) is -0.368. The van der Waals surface area contributed by atoms with Crippen LogP contribution in [0.4, 0.5) is 4.79 Å². The molecule has 0 spiro atoms. The van der Waals surface area contributed by atoms with Crippen molar-refractivity contribution in [3.05, 3.63) is 0 Å². The fraction of sp³-hybridized carbons (Fsp3) is 0.917. The van der Waals surface area contributed by atoms with E-state index in [0.29, 0.717) is 17.8 Å². The lowest BCUT2D eigenvalue weighted by Crippen LogP contribution is -2.59. The van der Waals surface area contributed by atoms with Crippen LogP contribution in [-0.2, 0) is 14.2 Å². The Labute approximate surface area is 101 Å². The fourth-order valence-corrected chi connectivity index (χ4v) is 3.64. The van der Waals surface area contributed by atoms with Gasteiger partial charge in [-0.05, 0) is 19.3 Å². The van der Waals surface area contributed by atoms with Crippen LogP contribution >= 0.6 is 0 Å². The molecule has 3 saturated heterocycles. The van der Waals surface area contributed by atoms with Crippen LogP contribution in [0.5, 0.6) is 0 Å². The summed E-state index contributed by atoms with van der Waals surface area (Å²) in [7, 11) is 1.57. The number of alkyl carbamates (subject to hydrolysis) is 1. The minimum absolute atomic E-state index is 0.131. The van der Waals surface area contributed by atoms with Crippen molar-refractivity contribution in [1.29, 1.82) is 0 Å². The fourth-order valence-electron chi connectivity index (χ4n) is 3.64. The molecule has 3 heterocycles. The van der Waals surface area contributed by atoms with E-state index in [0.717, 1.165) is 13.0 Å². The number of hydrogen-bond acceptors (Lipinski definition) is 4. The first-order valence-electron chi connectivity index (χ1n) is 6.24. The molecule has 96 valence electrons. The smallest absolute Gasteiger partial charge is 0.407 e. The van der Waals surface area contributed by atoms with Gasteiger partial charge < -0.3 is 19.5 Å². The highest BCUT2D eigenvalue weighted by Gasteiger charge is 2.64. The quantitative estimate of drug-likeness (QED) is 0.747. The van der Waals surface area contributed by atoms with Crippen LogP contribution < -0.4 is 5.32 Å². The molecular weight excluding hydrogens is 222 g/mol. The number of fused-ring (bicyclic) bond motifs is 1. The van der Waals surface area contributed by atoms with Gasteiger partial charge in [-0.25, -0.2) is 4.79 Å². The van der Waals surface area contributed by atoms with Crippen LogP contribution in [0.3, 0.4) is 0 Å². The zero-order valence-electron chi connectivity index (χ0n) is 10.4. The Bertz CT molecular complexity index is 347. The molecular formula is C12H19NO4. The number of hydrogen-bond donors (Lipinski definition) is 1. The summed E-state index contributed by atoms with van der Waals surface area (Å²) in [5, 5.41) is 2.50. The number of amides is 1. The Balaban J connectivity index is 1.84. The average molecular weight is 241 g/mol. The zero-order valence-corrected chi connectivity index (χ0v) is 10.4. The predicted molar refractivity (Wildman–Crippen MR) is 59.3 cm³/mol. The summed E-state index contributed by atoms with van der Waals surface area (Å²) in [4.78, 5) is 11.4. The van der Waals surface area contributed by atoms with Gasteiger partial charge in [0.25, 0.3) is 0 Å². The van der Waals surface area contributed by atoms with Crippen LogP contribution in [0.2, 0.25) is 0 Å². The maximum atomic E-state index is 11.4. The maximum Gasteiger partial charge on any atom is 0.407 e. The van der Waals surface area contributed by atoms with E-state index in [1.807, 2.05) is 6.92 Å². The third-order valence-corrected chi connectivity index (χ3v) is 4.75. The molecule has 17 heavy (non-hydrogen) atoms. The lowest BCUT2D eigenvalue weighted by atomic mass is 9.76. The molecule has 1 amide bonds. The van der Waals surface area contributed by atoms with Gasteiger partial charge in [-0.3, -0.25) is 0 Å². The SMILES string of the molecule is CNC(=O)O[C@H]1CC2C(C)C3OCC2C1(C)O3. The highest BCUT2D eigenvalue weighted by molar-refractivity contribution is 5.67. The standard InChI is InChI=1S/C12H19NO4/c1-6-7-4-9(16-11(14)13-3)12(2)8(7)5-15-10(6)17-12/h6-10H,4-5H2,1-3H3,(H,13,14)/t6?,7?,8?,9-,10?,12?/m0/s1. The van der Waals surface area contributed by atoms with Gasteiger partial charge in [0.05, 0.1) is 6.61 Å². The van der Waals surface area contributed by atoms with E-state index < -0.39 is 0 Å². The van der Waals surface area contributed by atoms with Crippen LogP contribution in [0.25, 0.3) is 0 Å². The Hall–Kier alpha value is -0.810. The van der Waals surface area contributed by atoms with E-state index >= 15 is 0 Å². The van der Waals surface area contributed by atoms with Gasteiger partial charge in [-0.15, -0.1) is 0 Å². The van der Waals surface area contributed by atoms with Crippen LogP contribution in [0.15, 0.2) is 0 Å². The third-order valence-electron chi connectivity index (χ3n) is 4.75. The van der Waals surface area contributed by atoms with Crippen molar-refractivity contribution in [2.24, 2.45) is 17.8 Å². The Morgan fingerprint density at radius 2 is 2.29 bits per heavy atom. The number of carbonyl (C=O) groups is 1. The minimum Gasteiger partial charge on any atom is -0.443 e. The summed E-state index contributed by atoms with van der Waals surface area (Å²) in [6.45, 7) is 4.93. The number of ether oxygens (including phenoxy) is 3.